The molecule has 1 unspecified atom stereocenters. The minimum atomic E-state index is -0.819. The number of benzene rings is 1. The van der Waals surface area contributed by atoms with Gasteiger partial charge in [-0.3, -0.25) is 4.79 Å². The molecule has 1 aliphatic heterocycles. The number of carbonyl (C=O) groups excluding carboxylic acids is 1. The molecule has 1 fully saturated rings. The van der Waals surface area contributed by atoms with Crippen LogP contribution in [0.25, 0.3) is 0 Å². The molecule has 1 aliphatic rings. The molecule has 5 heteroatoms. The van der Waals surface area contributed by atoms with Crippen LogP contribution in [0.2, 0.25) is 0 Å². The maximum Gasteiger partial charge on any atom is 0.306 e. The summed E-state index contributed by atoms with van der Waals surface area (Å²) in [6.07, 6.45) is 6.28. The van der Waals surface area contributed by atoms with E-state index in [-0.39, 0.29) is 12.1 Å². The number of esters is 1. The minimum Gasteiger partial charge on any atom is -0.465 e. The fourth-order valence-electron chi connectivity index (χ4n) is 3.64. The molecule has 4 nitrogen and oxygen atoms in total. The summed E-state index contributed by atoms with van der Waals surface area (Å²) in [6.45, 7) is 7.47. The SMILES string of the molecule is CCCCC(CC)COC(=O)CCSc1cccc([C@]2(O)CCO[C@@H](C)C2)c1. The van der Waals surface area contributed by atoms with E-state index in [2.05, 4.69) is 13.8 Å². The first kappa shape index (κ1) is 23.2. The number of carbonyl (C=O) groups is 1. The molecule has 0 aromatic heterocycles. The number of unbranched alkanes of at least 4 members (excludes halogenated alkanes) is 1. The smallest absolute Gasteiger partial charge is 0.306 e. The number of hydrogen-bond donors (Lipinski definition) is 1. The minimum absolute atomic E-state index is 0.0640. The highest BCUT2D eigenvalue weighted by molar-refractivity contribution is 7.99. The molecule has 0 bridgehead atoms. The standard InChI is InChI=1S/C23H36O4S/c1-4-6-8-19(5-2)17-27-22(24)11-14-28-21-10-7-9-20(15-21)23(25)12-13-26-18(3)16-23/h7,9-10,15,18-19,25H,4-6,8,11-14,16-17H2,1-3H3/t18-,19?,23-/m0/s1. The van der Waals surface area contributed by atoms with Crippen molar-refractivity contribution in [3.05, 3.63) is 29.8 Å². The van der Waals surface area contributed by atoms with Crippen molar-refractivity contribution >= 4 is 17.7 Å². The lowest BCUT2D eigenvalue weighted by Gasteiger charge is -2.36. The molecule has 158 valence electrons. The number of hydrogen-bond acceptors (Lipinski definition) is 5. The monoisotopic (exact) mass is 408 g/mol. The third-order valence-corrected chi connectivity index (χ3v) is 6.51. The van der Waals surface area contributed by atoms with Crippen LogP contribution in [0.1, 0.15) is 71.3 Å². The topological polar surface area (TPSA) is 55.8 Å². The third-order valence-electron chi connectivity index (χ3n) is 5.51. The van der Waals surface area contributed by atoms with E-state index in [1.165, 1.54) is 12.8 Å². The van der Waals surface area contributed by atoms with Crippen LogP contribution >= 0.6 is 11.8 Å². The van der Waals surface area contributed by atoms with E-state index in [0.717, 1.165) is 23.3 Å². The summed E-state index contributed by atoms with van der Waals surface area (Å²) >= 11 is 1.64. The van der Waals surface area contributed by atoms with Crippen molar-refractivity contribution in [1.29, 1.82) is 0 Å². The van der Waals surface area contributed by atoms with Crippen molar-refractivity contribution in [3.63, 3.8) is 0 Å². The van der Waals surface area contributed by atoms with Gasteiger partial charge in [0.15, 0.2) is 0 Å². The Morgan fingerprint density at radius 3 is 2.96 bits per heavy atom. The summed E-state index contributed by atoms with van der Waals surface area (Å²) in [5, 5.41) is 11.0. The highest BCUT2D eigenvalue weighted by Crippen LogP contribution is 2.36. The number of rotatable bonds is 11. The highest BCUT2D eigenvalue weighted by Gasteiger charge is 2.35. The number of ether oxygens (including phenoxy) is 2. The molecule has 28 heavy (non-hydrogen) atoms. The maximum atomic E-state index is 12.0. The Bertz CT molecular complexity index is 606. The van der Waals surface area contributed by atoms with Gasteiger partial charge < -0.3 is 14.6 Å². The lowest BCUT2D eigenvalue weighted by Crippen LogP contribution is -2.37. The van der Waals surface area contributed by atoms with Crippen LogP contribution in [0, 0.1) is 5.92 Å². The van der Waals surface area contributed by atoms with Crippen molar-refractivity contribution < 1.29 is 19.4 Å². The number of thioether (sulfide) groups is 1. The zero-order valence-corrected chi connectivity index (χ0v) is 18.4. The third kappa shape index (κ3) is 7.41. The normalized spacial score (nSPS) is 23.4. The quantitative estimate of drug-likeness (QED) is 0.397. The molecule has 0 spiro atoms. The van der Waals surface area contributed by atoms with E-state index in [0.29, 0.717) is 44.1 Å². The second kappa shape index (κ2) is 11.8. The Hall–Kier alpha value is -1.04. The summed E-state index contributed by atoms with van der Waals surface area (Å²) in [7, 11) is 0. The van der Waals surface area contributed by atoms with Crippen LogP contribution in [-0.4, -0.2) is 36.1 Å². The predicted octanol–water partition coefficient (Wildman–Crippen LogP) is 5.31. The van der Waals surface area contributed by atoms with Crippen molar-refractivity contribution in [2.75, 3.05) is 19.0 Å². The molecule has 1 aromatic carbocycles. The van der Waals surface area contributed by atoms with Gasteiger partial charge in [0.2, 0.25) is 0 Å². The summed E-state index contributed by atoms with van der Waals surface area (Å²) < 4.78 is 11.0. The van der Waals surface area contributed by atoms with Crippen molar-refractivity contribution in [3.8, 4) is 0 Å². The van der Waals surface area contributed by atoms with Crippen molar-refractivity contribution in [1.82, 2.24) is 0 Å². The van der Waals surface area contributed by atoms with Gasteiger partial charge >= 0.3 is 5.97 Å². The Morgan fingerprint density at radius 2 is 2.25 bits per heavy atom. The maximum absolute atomic E-state index is 12.0. The first-order valence-electron chi connectivity index (χ1n) is 10.7. The average Bonchev–Trinajstić information content (AvgIpc) is 2.68. The Kier molecular flexibility index (Phi) is 9.83. The molecular formula is C23H36O4S. The van der Waals surface area contributed by atoms with Crippen LogP contribution in [0.4, 0.5) is 0 Å². The van der Waals surface area contributed by atoms with Gasteiger partial charge in [-0.15, -0.1) is 11.8 Å². The first-order chi connectivity index (χ1) is 13.5. The molecular weight excluding hydrogens is 372 g/mol. The predicted molar refractivity (Wildman–Crippen MR) is 115 cm³/mol. The Morgan fingerprint density at radius 1 is 1.43 bits per heavy atom. The molecule has 1 N–H and O–H groups in total. The zero-order valence-electron chi connectivity index (χ0n) is 17.6. The highest BCUT2D eigenvalue weighted by atomic mass is 32.2. The van der Waals surface area contributed by atoms with E-state index >= 15 is 0 Å². The molecule has 0 aliphatic carbocycles. The molecule has 1 aromatic rings. The fraction of sp³-hybridized carbons (Fsp3) is 0.696. The van der Waals surface area contributed by atoms with Gasteiger partial charge in [0.25, 0.3) is 0 Å². The second-order valence-corrected chi connectivity index (χ2v) is 9.06. The largest absolute Gasteiger partial charge is 0.465 e. The van der Waals surface area contributed by atoms with Crippen LogP contribution < -0.4 is 0 Å². The molecule has 0 saturated carbocycles. The summed E-state index contributed by atoms with van der Waals surface area (Å²) in [5.74, 6) is 1.05. The Labute approximate surface area is 174 Å². The molecule has 0 amide bonds. The second-order valence-electron chi connectivity index (χ2n) is 7.89. The van der Waals surface area contributed by atoms with Crippen LogP contribution in [0.15, 0.2) is 29.2 Å². The van der Waals surface area contributed by atoms with Crippen molar-refractivity contribution in [2.45, 2.75) is 82.3 Å². The lowest BCUT2D eigenvalue weighted by molar-refractivity contribution is -0.144. The van der Waals surface area contributed by atoms with Gasteiger partial charge in [-0.2, -0.15) is 0 Å². The van der Waals surface area contributed by atoms with E-state index in [1.54, 1.807) is 11.8 Å². The average molecular weight is 409 g/mol. The van der Waals surface area contributed by atoms with Crippen LogP contribution in [-0.2, 0) is 19.9 Å². The summed E-state index contributed by atoms with van der Waals surface area (Å²) in [5.41, 5.74) is 0.123. The summed E-state index contributed by atoms with van der Waals surface area (Å²) in [6, 6.07) is 8.04. The van der Waals surface area contributed by atoms with Gasteiger partial charge in [-0.25, -0.2) is 0 Å². The zero-order chi connectivity index (χ0) is 20.4. The first-order valence-corrected chi connectivity index (χ1v) is 11.7. The van der Waals surface area contributed by atoms with E-state index in [1.807, 2.05) is 31.2 Å². The van der Waals surface area contributed by atoms with Crippen LogP contribution in [0.5, 0.6) is 0 Å². The van der Waals surface area contributed by atoms with Gasteiger partial charge in [0, 0.05) is 23.5 Å². The van der Waals surface area contributed by atoms with Gasteiger partial charge in [-0.1, -0.05) is 45.2 Å². The fourth-order valence-corrected chi connectivity index (χ4v) is 4.53. The van der Waals surface area contributed by atoms with Crippen LogP contribution in [0.3, 0.4) is 0 Å². The molecule has 1 heterocycles. The lowest BCUT2D eigenvalue weighted by atomic mass is 9.84. The molecule has 3 atom stereocenters. The van der Waals surface area contributed by atoms with E-state index < -0.39 is 5.60 Å². The van der Waals surface area contributed by atoms with Gasteiger partial charge in [0.05, 0.1) is 31.3 Å². The Balaban J connectivity index is 1.78. The van der Waals surface area contributed by atoms with E-state index in [4.69, 9.17) is 9.47 Å². The molecule has 2 rings (SSSR count). The van der Waals surface area contributed by atoms with Crippen molar-refractivity contribution in [2.24, 2.45) is 5.92 Å². The van der Waals surface area contributed by atoms with E-state index in [9.17, 15) is 9.90 Å². The van der Waals surface area contributed by atoms with Gasteiger partial charge in [-0.05, 0) is 37.0 Å². The van der Waals surface area contributed by atoms with Gasteiger partial charge in [0.1, 0.15) is 0 Å². The molecule has 1 saturated heterocycles. The number of aliphatic hydroxyl groups is 1. The summed E-state index contributed by atoms with van der Waals surface area (Å²) in [4.78, 5) is 13.1. The molecule has 0 radical (unpaired) electrons.